The lowest BCUT2D eigenvalue weighted by Gasteiger charge is -2.29. The smallest absolute Gasteiger partial charge is 0.291 e. The fourth-order valence-corrected chi connectivity index (χ4v) is 3.97. The quantitative estimate of drug-likeness (QED) is 0.512. The van der Waals surface area contributed by atoms with E-state index in [-0.39, 0.29) is 18.0 Å². The number of methoxy groups -OCH3 is 2. The number of fused-ring (bicyclic) bond motifs is 4. The summed E-state index contributed by atoms with van der Waals surface area (Å²) in [4.78, 5) is 27.4. The summed E-state index contributed by atoms with van der Waals surface area (Å²) in [5.74, 6) is 1.15. The molecule has 1 amide bonds. The predicted octanol–water partition coefficient (Wildman–Crippen LogP) is 1.84. The van der Waals surface area contributed by atoms with Crippen LogP contribution in [-0.2, 0) is 24.3 Å². The molecule has 0 N–H and O–H groups in total. The number of rotatable bonds is 4. The van der Waals surface area contributed by atoms with Gasteiger partial charge in [0.05, 0.1) is 26.0 Å². The van der Waals surface area contributed by atoms with Gasteiger partial charge in [0, 0.05) is 25.2 Å². The zero-order valence-electron chi connectivity index (χ0n) is 16.6. The van der Waals surface area contributed by atoms with Crippen LogP contribution in [0.1, 0.15) is 11.1 Å². The molecule has 3 aromatic heterocycles. The summed E-state index contributed by atoms with van der Waals surface area (Å²) in [5.41, 5.74) is 3.60. The summed E-state index contributed by atoms with van der Waals surface area (Å²) in [7, 11) is 3.19. The van der Waals surface area contributed by atoms with Crippen molar-refractivity contribution in [3.63, 3.8) is 0 Å². The maximum atomic E-state index is 12.9. The van der Waals surface area contributed by atoms with Gasteiger partial charge in [-0.3, -0.25) is 14.0 Å². The average Bonchev–Trinajstić information content (AvgIpc) is 3.36. The Balaban J connectivity index is 1.39. The monoisotopic (exact) mass is 408 g/mol. The van der Waals surface area contributed by atoms with Crippen molar-refractivity contribution >= 4 is 22.5 Å². The minimum Gasteiger partial charge on any atom is -0.493 e. The molecule has 0 unspecified atom stereocenters. The van der Waals surface area contributed by atoms with E-state index in [1.807, 2.05) is 12.1 Å². The topological polar surface area (TPSA) is 91.2 Å². The second-order valence-electron chi connectivity index (χ2n) is 7.20. The molecule has 5 rings (SSSR count). The third-order valence-corrected chi connectivity index (χ3v) is 5.58. The highest BCUT2D eigenvalue weighted by atomic mass is 16.5. The highest BCUT2D eigenvalue weighted by Gasteiger charge is 2.24. The van der Waals surface area contributed by atoms with Crippen LogP contribution in [0.25, 0.3) is 16.6 Å². The molecule has 9 nitrogen and oxygen atoms in total. The minimum absolute atomic E-state index is 0.121. The highest BCUT2D eigenvalue weighted by molar-refractivity contribution is 5.82. The SMILES string of the molecule is COc1cc2c(cc1OC)CN(C(=O)Cn1ncn3c(cc4occc43)c1=O)CC2. The Kier molecular flexibility index (Phi) is 4.23. The van der Waals surface area contributed by atoms with Crippen LogP contribution < -0.4 is 15.0 Å². The molecule has 0 spiro atoms. The maximum Gasteiger partial charge on any atom is 0.291 e. The third-order valence-electron chi connectivity index (χ3n) is 5.58. The van der Waals surface area contributed by atoms with Gasteiger partial charge in [-0.05, 0) is 29.7 Å². The lowest BCUT2D eigenvalue weighted by molar-refractivity contribution is -0.133. The first-order chi connectivity index (χ1) is 14.6. The molecule has 1 aromatic carbocycles. The molecule has 0 aliphatic carbocycles. The molecule has 154 valence electrons. The van der Waals surface area contributed by atoms with E-state index in [1.54, 1.807) is 41.9 Å². The molecule has 30 heavy (non-hydrogen) atoms. The Morgan fingerprint density at radius 1 is 1.13 bits per heavy atom. The molecule has 0 fully saturated rings. The van der Waals surface area contributed by atoms with Gasteiger partial charge in [0.15, 0.2) is 17.1 Å². The molecule has 9 heteroatoms. The van der Waals surface area contributed by atoms with Crippen molar-refractivity contribution in [3.8, 4) is 11.5 Å². The summed E-state index contributed by atoms with van der Waals surface area (Å²) in [5, 5.41) is 4.18. The number of benzene rings is 1. The van der Waals surface area contributed by atoms with Gasteiger partial charge in [-0.1, -0.05) is 0 Å². The van der Waals surface area contributed by atoms with Crippen LogP contribution in [0.3, 0.4) is 0 Å². The molecular formula is C21H20N4O5. The minimum atomic E-state index is -0.332. The van der Waals surface area contributed by atoms with Crippen molar-refractivity contribution < 1.29 is 18.7 Å². The second kappa shape index (κ2) is 6.94. The van der Waals surface area contributed by atoms with E-state index in [4.69, 9.17) is 13.9 Å². The standard InChI is InChI=1S/C21H20N4O5/c1-28-18-7-13-3-5-23(10-14(13)8-19(18)29-2)20(26)11-25-21(27)16-9-17-15(4-6-30-17)24(16)12-22-25/h4,6-9,12H,3,5,10-11H2,1-2H3. The molecule has 1 aliphatic rings. The van der Waals surface area contributed by atoms with Gasteiger partial charge in [-0.15, -0.1) is 0 Å². The molecule has 1 aliphatic heterocycles. The Labute approximate surface area is 171 Å². The molecule has 4 aromatic rings. The van der Waals surface area contributed by atoms with E-state index >= 15 is 0 Å². The number of aromatic nitrogens is 3. The van der Waals surface area contributed by atoms with E-state index in [2.05, 4.69) is 5.10 Å². The number of hydrogen-bond acceptors (Lipinski definition) is 6. The number of carbonyl (C=O) groups is 1. The van der Waals surface area contributed by atoms with E-state index in [9.17, 15) is 9.59 Å². The van der Waals surface area contributed by atoms with Crippen molar-refractivity contribution in [2.24, 2.45) is 0 Å². The summed E-state index contributed by atoms with van der Waals surface area (Å²) >= 11 is 0. The summed E-state index contributed by atoms with van der Waals surface area (Å²) in [6, 6.07) is 7.29. The first-order valence-electron chi connectivity index (χ1n) is 9.55. The van der Waals surface area contributed by atoms with Gasteiger partial charge in [0.2, 0.25) is 5.91 Å². The highest BCUT2D eigenvalue weighted by Crippen LogP contribution is 2.33. The van der Waals surface area contributed by atoms with Crippen LogP contribution in [0.4, 0.5) is 0 Å². The fraction of sp³-hybridized carbons (Fsp3) is 0.286. The molecule has 0 saturated carbocycles. The zero-order chi connectivity index (χ0) is 20.8. The van der Waals surface area contributed by atoms with Crippen molar-refractivity contribution in [3.05, 3.63) is 58.3 Å². The van der Waals surface area contributed by atoms with E-state index < -0.39 is 0 Å². The second-order valence-corrected chi connectivity index (χ2v) is 7.20. The van der Waals surface area contributed by atoms with Crippen LogP contribution in [0, 0.1) is 0 Å². The molecule has 0 saturated heterocycles. The molecule has 0 bridgehead atoms. The largest absolute Gasteiger partial charge is 0.493 e. The lowest BCUT2D eigenvalue weighted by Crippen LogP contribution is -2.40. The van der Waals surface area contributed by atoms with Crippen molar-refractivity contribution in [1.82, 2.24) is 19.1 Å². The van der Waals surface area contributed by atoms with Gasteiger partial charge in [-0.2, -0.15) is 5.10 Å². The van der Waals surface area contributed by atoms with Crippen LogP contribution >= 0.6 is 0 Å². The number of ether oxygens (including phenoxy) is 2. The normalized spacial score (nSPS) is 13.6. The summed E-state index contributed by atoms with van der Waals surface area (Å²) in [6.07, 6.45) is 3.80. The first-order valence-corrected chi connectivity index (χ1v) is 9.55. The van der Waals surface area contributed by atoms with Gasteiger partial charge < -0.3 is 18.8 Å². The number of carbonyl (C=O) groups excluding carboxylic acids is 1. The fourth-order valence-electron chi connectivity index (χ4n) is 3.97. The number of amides is 1. The first kappa shape index (κ1) is 18.3. The van der Waals surface area contributed by atoms with Gasteiger partial charge in [-0.25, -0.2) is 4.68 Å². The Morgan fingerprint density at radius 3 is 2.67 bits per heavy atom. The number of nitrogens with zero attached hydrogens (tertiary/aromatic N) is 4. The summed E-state index contributed by atoms with van der Waals surface area (Å²) < 4.78 is 18.9. The van der Waals surface area contributed by atoms with E-state index in [0.717, 1.165) is 16.6 Å². The van der Waals surface area contributed by atoms with Crippen LogP contribution in [-0.4, -0.2) is 45.8 Å². The number of furan rings is 1. The predicted molar refractivity (Wildman–Crippen MR) is 108 cm³/mol. The van der Waals surface area contributed by atoms with Gasteiger partial charge in [0.1, 0.15) is 18.4 Å². The van der Waals surface area contributed by atoms with Crippen LogP contribution in [0.5, 0.6) is 11.5 Å². The van der Waals surface area contributed by atoms with Gasteiger partial charge >= 0.3 is 0 Å². The van der Waals surface area contributed by atoms with Crippen LogP contribution in [0.15, 0.2) is 46.1 Å². The van der Waals surface area contributed by atoms with Crippen molar-refractivity contribution in [1.29, 1.82) is 0 Å². The van der Waals surface area contributed by atoms with Crippen molar-refractivity contribution in [2.45, 2.75) is 19.5 Å². The molecule has 0 radical (unpaired) electrons. The molecule has 4 heterocycles. The maximum absolute atomic E-state index is 12.9. The molecule has 0 atom stereocenters. The van der Waals surface area contributed by atoms with E-state index in [0.29, 0.717) is 42.1 Å². The van der Waals surface area contributed by atoms with E-state index in [1.165, 1.54) is 11.0 Å². The Hall–Kier alpha value is -3.75. The third kappa shape index (κ3) is 2.81. The average molecular weight is 408 g/mol. The van der Waals surface area contributed by atoms with Crippen LogP contribution in [0.2, 0.25) is 0 Å². The zero-order valence-corrected chi connectivity index (χ0v) is 16.6. The van der Waals surface area contributed by atoms with Crippen molar-refractivity contribution in [2.75, 3.05) is 20.8 Å². The Morgan fingerprint density at radius 2 is 1.90 bits per heavy atom. The lowest BCUT2D eigenvalue weighted by atomic mass is 9.98. The van der Waals surface area contributed by atoms with Gasteiger partial charge in [0.25, 0.3) is 5.56 Å². The Bertz CT molecular complexity index is 1330. The number of hydrogen-bond donors (Lipinski definition) is 0. The molecular weight excluding hydrogens is 388 g/mol. The summed E-state index contributed by atoms with van der Waals surface area (Å²) in [6.45, 7) is 0.893.